The molecule has 1 heterocycles. The Morgan fingerprint density at radius 2 is 1.30 bits per heavy atom. The van der Waals surface area contributed by atoms with Gasteiger partial charge >= 0.3 is 0 Å². The molecule has 0 aliphatic rings. The lowest BCUT2D eigenvalue weighted by molar-refractivity contribution is 1.09. The standard InChI is InChI=1S/C18H18N2/c1-20(2)17-13-16(14-9-5-3-6-10-14)18(19-17)15-11-7-4-8-12-15/h3-13,19H,1-2H3. The van der Waals surface area contributed by atoms with Crippen LogP contribution in [0.15, 0.2) is 66.7 Å². The lowest BCUT2D eigenvalue weighted by Crippen LogP contribution is -2.08. The van der Waals surface area contributed by atoms with Gasteiger partial charge in [-0.3, -0.25) is 0 Å². The van der Waals surface area contributed by atoms with Crippen molar-refractivity contribution in [2.45, 2.75) is 0 Å². The number of benzene rings is 2. The van der Waals surface area contributed by atoms with Crippen LogP contribution in [0.2, 0.25) is 0 Å². The van der Waals surface area contributed by atoms with Gasteiger partial charge < -0.3 is 9.88 Å². The molecule has 2 heteroatoms. The molecular weight excluding hydrogens is 244 g/mol. The number of hydrogen-bond donors (Lipinski definition) is 1. The maximum Gasteiger partial charge on any atom is 0.106 e. The summed E-state index contributed by atoms with van der Waals surface area (Å²) in [7, 11) is 4.10. The van der Waals surface area contributed by atoms with Crippen molar-refractivity contribution in [3.63, 3.8) is 0 Å². The van der Waals surface area contributed by atoms with Crippen molar-refractivity contribution in [1.29, 1.82) is 0 Å². The number of rotatable bonds is 3. The summed E-state index contributed by atoms with van der Waals surface area (Å²) in [6, 6.07) is 23.2. The molecule has 1 N–H and O–H groups in total. The number of aromatic nitrogens is 1. The Morgan fingerprint density at radius 1 is 0.750 bits per heavy atom. The number of anilines is 1. The van der Waals surface area contributed by atoms with Gasteiger partial charge in [-0.15, -0.1) is 0 Å². The highest BCUT2D eigenvalue weighted by atomic mass is 15.1. The maximum atomic E-state index is 3.52. The fourth-order valence-corrected chi connectivity index (χ4v) is 2.36. The van der Waals surface area contributed by atoms with Crippen molar-refractivity contribution < 1.29 is 0 Å². The summed E-state index contributed by atoms with van der Waals surface area (Å²) in [5.74, 6) is 1.11. The Morgan fingerprint density at radius 3 is 1.85 bits per heavy atom. The van der Waals surface area contributed by atoms with Crippen LogP contribution in [-0.4, -0.2) is 19.1 Å². The van der Waals surface area contributed by atoms with Crippen LogP contribution in [0.5, 0.6) is 0 Å². The molecule has 0 radical (unpaired) electrons. The summed E-state index contributed by atoms with van der Waals surface area (Å²) in [5, 5.41) is 0. The van der Waals surface area contributed by atoms with Crippen LogP contribution < -0.4 is 4.90 Å². The van der Waals surface area contributed by atoms with Gasteiger partial charge in [0.1, 0.15) is 5.82 Å². The van der Waals surface area contributed by atoms with Gasteiger partial charge in [0.25, 0.3) is 0 Å². The van der Waals surface area contributed by atoms with Crippen molar-refractivity contribution in [2.75, 3.05) is 19.0 Å². The monoisotopic (exact) mass is 262 g/mol. The second kappa shape index (κ2) is 5.25. The summed E-state index contributed by atoms with van der Waals surface area (Å²) in [4.78, 5) is 5.62. The SMILES string of the molecule is CN(C)c1cc(-c2ccccc2)c(-c2ccccc2)[nH]1. The lowest BCUT2D eigenvalue weighted by Gasteiger charge is -2.08. The molecule has 100 valence electrons. The minimum Gasteiger partial charge on any atom is -0.364 e. The van der Waals surface area contributed by atoms with Crippen molar-refractivity contribution >= 4 is 5.82 Å². The predicted molar refractivity (Wildman–Crippen MR) is 86.0 cm³/mol. The minimum absolute atomic E-state index is 1.11. The Kier molecular flexibility index (Phi) is 3.30. The molecule has 3 aromatic rings. The second-order valence-corrected chi connectivity index (χ2v) is 5.07. The van der Waals surface area contributed by atoms with E-state index >= 15 is 0 Å². The Labute approximate surface area is 119 Å². The van der Waals surface area contributed by atoms with Gasteiger partial charge in [-0.25, -0.2) is 0 Å². The summed E-state index contributed by atoms with van der Waals surface area (Å²) in [6.45, 7) is 0. The van der Waals surface area contributed by atoms with E-state index in [0.717, 1.165) is 5.82 Å². The molecule has 0 saturated carbocycles. The van der Waals surface area contributed by atoms with E-state index in [4.69, 9.17) is 0 Å². The number of nitrogens with zero attached hydrogens (tertiary/aromatic N) is 1. The van der Waals surface area contributed by atoms with Crippen molar-refractivity contribution in [1.82, 2.24) is 4.98 Å². The van der Waals surface area contributed by atoms with Crippen LogP contribution in [0, 0.1) is 0 Å². The molecule has 0 aliphatic carbocycles. The third-order valence-corrected chi connectivity index (χ3v) is 3.43. The van der Waals surface area contributed by atoms with Gasteiger partial charge in [-0.2, -0.15) is 0 Å². The molecule has 0 spiro atoms. The molecule has 2 aromatic carbocycles. The molecule has 0 bridgehead atoms. The minimum atomic E-state index is 1.11. The van der Waals surface area contributed by atoms with E-state index in [9.17, 15) is 0 Å². The predicted octanol–water partition coefficient (Wildman–Crippen LogP) is 4.41. The fraction of sp³-hybridized carbons (Fsp3) is 0.111. The van der Waals surface area contributed by atoms with Crippen LogP contribution in [0.3, 0.4) is 0 Å². The summed E-state index contributed by atoms with van der Waals surface area (Å²) >= 11 is 0. The molecule has 0 unspecified atom stereocenters. The molecule has 0 atom stereocenters. The first-order valence-corrected chi connectivity index (χ1v) is 6.77. The first-order chi connectivity index (χ1) is 9.75. The first-order valence-electron chi connectivity index (χ1n) is 6.77. The molecular formula is C18H18N2. The number of aromatic amines is 1. The normalized spacial score (nSPS) is 10.5. The highest BCUT2D eigenvalue weighted by molar-refractivity contribution is 5.84. The molecule has 0 fully saturated rings. The van der Waals surface area contributed by atoms with Crippen molar-refractivity contribution in [2.24, 2.45) is 0 Å². The number of H-pyrrole nitrogens is 1. The molecule has 1 aromatic heterocycles. The van der Waals surface area contributed by atoms with Crippen LogP contribution in [0.4, 0.5) is 5.82 Å². The Hall–Kier alpha value is -2.48. The average molecular weight is 262 g/mol. The fourth-order valence-electron chi connectivity index (χ4n) is 2.36. The highest BCUT2D eigenvalue weighted by Gasteiger charge is 2.12. The van der Waals surface area contributed by atoms with Gasteiger partial charge in [0, 0.05) is 19.7 Å². The van der Waals surface area contributed by atoms with Crippen molar-refractivity contribution in [3.05, 3.63) is 66.7 Å². The van der Waals surface area contributed by atoms with Gasteiger partial charge in [0.2, 0.25) is 0 Å². The maximum absolute atomic E-state index is 3.52. The van der Waals surface area contributed by atoms with Gasteiger partial charge in [-0.1, -0.05) is 60.7 Å². The lowest BCUT2D eigenvalue weighted by atomic mass is 10.0. The molecule has 3 rings (SSSR count). The van der Waals surface area contributed by atoms with E-state index in [1.807, 2.05) is 12.1 Å². The largest absolute Gasteiger partial charge is 0.364 e. The Bertz CT molecular complexity index is 625. The topological polar surface area (TPSA) is 19.0 Å². The van der Waals surface area contributed by atoms with E-state index in [-0.39, 0.29) is 0 Å². The summed E-state index contributed by atoms with van der Waals surface area (Å²) in [5.41, 5.74) is 4.84. The number of nitrogens with one attached hydrogen (secondary N) is 1. The van der Waals surface area contributed by atoms with Crippen LogP contribution in [-0.2, 0) is 0 Å². The van der Waals surface area contributed by atoms with E-state index in [1.54, 1.807) is 0 Å². The molecule has 0 saturated heterocycles. The first kappa shape index (κ1) is 12.5. The van der Waals surface area contributed by atoms with Crippen molar-refractivity contribution in [3.8, 4) is 22.4 Å². The zero-order chi connectivity index (χ0) is 13.9. The summed E-state index contributed by atoms with van der Waals surface area (Å²) < 4.78 is 0. The van der Waals surface area contributed by atoms with Gasteiger partial charge in [0.15, 0.2) is 0 Å². The zero-order valence-electron chi connectivity index (χ0n) is 11.8. The third kappa shape index (κ3) is 2.32. The van der Waals surface area contributed by atoms with Gasteiger partial charge in [-0.05, 0) is 17.2 Å². The van der Waals surface area contributed by atoms with E-state index in [2.05, 4.69) is 78.6 Å². The van der Waals surface area contributed by atoms with E-state index < -0.39 is 0 Å². The van der Waals surface area contributed by atoms with Crippen LogP contribution >= 0.6 is 0 Å². The van der Waals surface area contributed by atoms with Crippen LogP contribution in [0.25, 0.3) is 22.4 Å². The quantitative estimate of drug-likeness (QED) is 0.740. The third-order valence-electron chi connectivity index (χ3n) is 3.43. The van der Waals surface area contributed by atoms with E-state index in [1.165, 1.54) is 22.4 Å². The smallest absolute Gasteiger partial charge is 0.106 e. The van der Waals surface area contributed by atoms with Crippen LogP contribution in [0.1, 0.15) is 0 Å². The number of hydrogen-bond acceptors (Lipinski definition) is 1. The molecule has 20 heavy (non-hydrogen) atoms. The average Bonchev–Trinajstić information content (AvgIpc) is 2.94. The Balaban J connectivity index is 2.18. The zero-order valence-corrected chi connectivity index (χ0v) is 11.8. The second-order valence-electron chi connectivity index (χ2n) is 5.07. The highest BCUT2D eigenvalue weighted by Crippen LogP contribution is 2.34. The molecule has 0 amide bonds. The molecule has 0 aliphatic heterocycles. The van der Waals surface area contributed by atoms with Gasteiger partial charge in [0.05, 0.1) is 5.69 Å². The molecule has 2 nitrogen and oxygen atoms in total. The van der Waals surface area contributed by atoms with E-state index in [0.29, 0.717) is 0 Å². The summed E-state index contributed by atoms with van der Waals surface area (Å²) in [6.07, 6.45) is 0.